The van der Waals surface area contributed by atoms with Gasteiger partial charge in [-0.2, -0.15) is 0 Å². The Morgan fingerprint density at radius 1 is 1.43 bits per heavy atom. The third kappa shape index (κ3) is 5.37. The Morgan fingerprint density at radius 2 is 2.19 bits per heavy atom. The first kappa shape index (κ1) is 16.4. The van der Waals surface area contributed by atoms with Crippen LogP contribution in [0.4, 0.5) is 4.79 Å². The number of hydrogen-bond acceptors (Lipinski definition) is 3. The molecule has 1 saturated heterocycles. The van der Waals surface area contributed by atoms with E-state index in [1.54, 1.807) is 4.90 Å². The quantitative estimate of drug-likeness (QED) is 0.719. The molecule has 0 bridgehead atoms. The molecule has 0 aromatic heterocycles. The van der Waals surface area contributed by atoms with Gasteiger partial charge in [-0.05, 0) is 68.0 Å². The second-order valence-electron chi connectivity index (χ2n) is 6.35. The minimum Gasteiger partial charge on any atom is -0.493 e. The van der Waals surface area contributed by atoms with Crippen LogP contribution in [-0.4, -0.2) is 36.3 Å². The summed E-state index contributed by atoms with van der Waals surface area (Å²) in [4.78, 5) is 13.8. The predicted octanol–water partition coefficient (Wildman–Crippen LogP) is 3.93. The minimum absolute atomic E-state index is 0.223. The summed E-state index contributed by atoms with van der Waals surface area (Å²) in [7, 11) is 0. The summed E-state index contributed by atoms with van der Waals surface area (Å²) in [6.07, 6.45) is 0.739. The van der Waals surface area contributed by atoms with Crippen molar-refractivity contribution in [3.63, 3.8) is 0 Å². The van der Waals surface area contributed by atoms with E-state index in [4.69, 9.17) is 9.47 Å². The lowest BCUT2D eigenvalue weighted by Crippen LogP contribution is -2.35. The molecular weight excluding hydrogens is 381 g/mol. The fourth-order valence-electron chi connectivity index (χ4n) is 2.23. The molecule has 0 N–H and O–H groups in total. The molecule has 0 saturated carbocycles. The number of benzene rings is 1. The van der Waals surface area contributed by atoms with E-state index in [-0.39, 0.29) is 6.09 Å². The van der Waals surface area contributed by atoms with Gasteiger partial charge in [0.15, 0.2) is 0 Å². The molecule has 2 rings (SSSR count). The van der Waals surface area contributed by atoms with Crippen LogP contribution in [-0.2, 0) is 4.74 Å². The van der Waals surface area contributed by atoms with Gasteiger partial charge in [0.25, 0.3) is 0 Å². The molecule has 5 heteroatoms. The number of carbonyl (C=O) groups is 1. The van der Waals surface area contributed by atoms with Gasteiger partial charge in [0.2, 0.25) is 0 Å². The molecule has 1 aliphatic rings. The largest absolute Gasteiger partial charge is 0.493 e. The molecule has 0 spiro atoms. The summed E-state index contributed by atoms with van der Waals surface area (Å²) in [6.45, 7) is 7.75. The lowest BCUT2D eigenvalue weighted by Gasteiger charge is -2.24. The second-order valence-corrected chi connectivity index (χ2v) is 7.60. The third-order valence-corrected chi connectivity index (χ3v) is 3.89. The first-order valence-electron chi connectivity index (χ1n) is 7.20. The van der Waals surface area contributed by atoms with E-state index in [0.717, 1.165) is 22.3 Å². The zero-order valence-electron chi connectivity index (χ0n) is 12.8. The normalized spacial score (nSPS) is 18.7. The van der Waals surface area contributed by atoms with Gasteiger partial charge in [-0.25, -0.2) is 4.79 Å². The summed E-state index contributed by atoms with van der Waals surface area (Å²) in [5.74, 6) is 1.26. The molecule has 1 amide bonds. The van der Waals surface area contributed by atoms with Gasteiger partial charge in [0.1, 0.15) is 11.4 Å². The standard InChI is InChI=1S/C16H22INO3/c1-16(2,3)21-15(19)18-8-7-12(10-18)11-20-14-6-4-5-13(17)9-14/h4-6,9,12H,7-8,10-11H2,1-3H3/t12-/m1/s1. The fourth-order valence-corrected chi connectivity index (χ4v) is 2.75. The zero-order valence-corrected chi connectivity index (χ0v) is 14.9. The molecule has 0 aliphatic carbocycles. The maximum atomic E-state index is 12.0. The van der Waals surface area contributed by atoms with Gasteiger partial charge in [-0.3, -0.25) is 0 Å². The number of rotatable bonds is 3. The van der Waals surface area contributed by atoms with E-state index in [1.165, 1.54) is 0 Å². The van der Waals surface area contributed by atoms with Crippen LogP contribution in [0.3, 0.4) is 0 Å². The number of nitrogens with zero attached hydrogens (tertiary/aromatic N) is 1. The van der Waals surface area contributed by atoms with E-state index in [9.17, 15) is 4.79 Å². The summed E-state index contributed by atoms with van der Waals surface area (Å²) >= 11 is 2.27. The molecular formula is C16H22INO3. The van der Waals surface area contributed by atoms with Crippen molar-refractivity contribution in [1.82, 2.24) is 4.90 Å². The molecule has 1 atom stereocenters. The summed E-state index contributed by atoms with van der Waals surface area (Å²) < 4.78 is 12.4. The molecule has 1 heterocycles. The number of hydrogen-bond donors (Lipinski definition) is 0. The van der Waals surface area contributed by atoms with E-state index in [0.29, 0.717) is 19.1 Å². The maximum Gasteiger partial charge on any atom is 0.410 e. The first-order valence-corrected chi connectivity index (χ1v) is 8.28. The molecule has 21 heavy (non-hydrogen) atoms. The lowest BCUT2D eigenvalue weighted by molar-refractivity contribution is 0.0285. The van der Waals surface area contributed by atoms with Crippen molar-refractivity contribution in [1.29, 1.82) is 0 Å². The summed E-state index contributed by atoms with van der Waals surface area (Å²) in [6, 6.07) is 8.00. The van der Waals surface area contributed by atoms with Crippen molar-refractivity contribution in [2.75, 3.05) is 19.7 Å². The fraction of sp³-hybridized carbons (Fsp3) is 0.562. The van der Waals surface area contributed by atoms with E-state index in [2.05, 4.69) is 22.6 Å². The van der Waals surface area contributed by atoms with Crippen LogP contribution in [0.15, 0.2) is 24.3 Å². The van der Waals surface area contributed by atoms with Gasteiger partial charge in [0, 0.05) is 22.6 Å². The SMILES string of the molecule is CC(C)(C)OC(=O)N1CC[C@@H](COc2cccc(I)c2)C1. The van der Waals surface area contributed by atoms with Crippen LogP contribution in [0.5, 0.6) is 5.75 Å². The smallest absolute Gasteiger partial charge is 0.410 e. The van der Waals surface area contributed by atoms with Crippen LogP contribution in [0.1, 0.15) is 27.2 Å². The van der Waals surface area contributed by atoms with Crippen LogP contribution < -0.4 is 4.74 Å². The van der Waals surface area contributed by atoms with Gasteiger partial charge in [0.05, 0.1) is 6.61 Å². The van der Waals surface area contributed by atoms with Crippen molar-refractivity contribution in [2.24, 2.45) is 5.92 Å². The molecule has 1 fully saturated rings. The Hall–Kier alpha value is -0.980. The highest BCUT2D eigenvalue weighted by Crippen LogP contribution is 2.21. The van der Waals surface area contributed by atoms with Crippen LogP contribution >= 0.6 is 22.6 Å². The van der Waals surface area contributed by atoms with Crippen LogP contribution in [0.25, 0.3) is 0 Å². The molecule has 1 aromatic rings. The third-order valence-electron chi connectivity index (χ3n) is 3.22. The highest BCUT2D eigenvalue weighted by molar-refractivity contribution is 14.1. The van der Waals surface area contributed by atoms with Crippen LogP contribution in [0.2, 0.25) is 0 Å². The maximum absolute atomic E-state index is 12.0. The Labute approximate surface area is 139 Å². The summed E-state index contributed by atoms with van der Waals surface area (Å²) in [5.41, 5.74) is -0.438. The molecule has 116 valence electrons. The number of amides is 1. The number of likely N-dealkylation sites (tertiary alicyclic amines) is 1. The molecule has 1 aliphatic heterocycles. The number of ether oxygens (including phenoxy) is 2. The Kier molecular flexibility index (Phi) is 5.35. The van der Waals surface area contributed by atoms with Gasteiger partial charge < -0.3 is 14.4 Å². The average molecular weight is 403 g/mol. The molecule has 0 radical (unpaired) electrons. The highest BCUT2D eigenvalue weighted by atomic mass is 127. The lowest BCUT2D eigenvalue weighted by atomic mass is 10.1. The summed E-state index contributed by atoms with van der Waals surface area (Å²) in [5, 5.41) is 0. The van der Waals surface area contributed by atoms with E-state index >= 15 is 0 Å². The average Bonchev–Trinajstić information content (AvgIpc) is 2.83. The molecule has 4 nitrogen and oxygen atoms in total. The number of halogens is 1. The minimum atomic E-state index is -0.438. The van der Waals surface area contributed by atoms with Crippen molar-refractivity contribution < 1.29 is 14.3 Å². The van der Waals surface area contributed by atoms with E-state index < -0.39 is 5.60 Å². The van der Waals surface area contributed by atoms with Crippen molar-refractivity contribution >= 4 is 28.7 Å². The first-order chi connectivity index (χ1) is 9.83. The number of carbonyl (C=O) groups excluding carboxylic acids is 1. The predicted molar refractivity (Wildman–Crippen MR) is 90.6 cm³/mol. The Bertz CT molecular complexity index is 499. The van der Waals surface area contributed by atoms with Crippen molar-refractivity contribution in [2.45, 2.75) is 32.8 Å². The van der Waals surface area contributed by atoms with Gasteiger partial charge in [-0.1, -0.05) is 6.07 Å². The topological polar surface area (TPSA) is 38.8 Å². The van der Waals surface area contributed by atoms with E-state index in [1.807, 2.05) is 45.0 Å². The molecule has 0 unspecified atom stereocenters. The Morgan fingerprint density at radius 3 is 2.86 bits per heavy atom. The second kappa shape index (κ2) is 6.85. The Balaban J connectivity index is 1.79. The van der Waals surface area contributed by atoms with Gasteiger partial charge >= 0.3 is 6.09 Å². The molecule has 1 aromatic carbocycles. The van der Waals surface area contributed by atoms with Crippen LogP contribution in [0, 0.1) is 9.49 Å². The van der Waals surface area contributed by atoms with Gasteiger partial charge in [-0.15, -0.1) is 0 Å². The van der Waals surface area contributed by atoms with Crippen molar-refractivity contribution in [3.05, 3.63) is 27.8 Å². The highest BCUT2D eigenvalue weighted by Gasteiger charge is 2.30. The van der Waals surface area contributed by atoms with Crippen molar-refractivity contribution in [3.8, 4) is 5.75 Å². The zero-order chi connectivity index (χ0) is 15.5. The monoisotopic (exact) mass is 403 g/mol.